The van der Waals surface area contributed by atoms with E-state index in [1.165, 1.54) is 89.9 Å². The molecule has 0 bridgehead atoms. The average molecular weight is 365 g/mol. The van der Waals surface area contributed by atoms with Crippen LogP contribution in [0.5, 0.6) is 0 Å². The molecule has 0 rings (SSSR count). The van der Waals surface area contributed by atoms with Crippen LogP contribution in [0.2, 0.25) is 0 Å². The average Bonchev–Trinajstić information content (AvgIpc) is 2.57. The number of unbranched alkanes of at least 4 members (excludes halogenated alkanes) is 15. The monoisotopic (exact) mass is 364 g/mol. The summed E-state index contributed by atoms with van der Waals surface area (Å²) >= 11 is 0. The zero-order valence-corrected chi connectivity index (χ0v) is 19.8. The number of carboxylic acid groups (broad SMARTS) is 1. The van der Waals surface area contributed by atoms with Crippen molar-refractivity contribution in [1.29, 1.82) is 0 Å². The number of carboxylic acids is 1. The zero-order valence-electron chi connectivity index (χ0n) is 17.8. The van der Waals surface area contributed by atoms with Gasteiger partial charge in [-0.3, -0.25) is 4.79 Å². The minimum atomic E-state index is -0.655. The van der Waals surface area contributed by atoms with Crippen LogP contribution in [-0.2, 0) is 4.79 Å². The number of rotatable bonds is 17. The minimum Gasteiger partial charge on any atom is -0.481 e. The molecule has 0 atom stereocenters. The Labute approximate surface area is 181 Å². The van der Waals surface area contributed by atoms with E-state index in [-0.39, 0.29) is 29.6 Å². The molecule has 0 unspecified atom stereocenters. The fraction of sp³-hybridized carbons (Fsp3) is 0.909. The summed E-state index contributed by atoms with van der Waals surface area (Å²) in [5.74, 6) is -0.655. The first-order chi connectivity index (χ1) is 11.7. The molecular formula is C22H45NaO2. The second-order valence-corrected chi connectivity index (χ2v) is 6.95. The second kappa shape index (κ2) is 29.2. The van der Waals surface area contributed by atoms with Gasteiger partial charge in [0.05, 0.1) is 0 Å². The molecule has 146 valence electrons. The van der Waals surface area contributed by atoms with Crippen molar-refractivity contribution in [2.24, 2.45) is 0 Å². The molecule has 0 amide bonds. The molecule has 25 heavy (non-hydrogen) atoms. The van der Waals surface area contributed by atoms with Crippen LogP contribution < -0.4 is 29.6 Å². The molecule has 0 saturated carbocycles. The van der Waals surface area contributed by atoms with E-state index >= 15 is 0 Å². The van der Waals surface area contributed by atoms with E-state index in [0.29, 0.717) is 6.42 Å². The molecule has 0 aliphatic heterocycles. The molecule has 0 heterocycles. The molecule has 0 saturated heterocycles. The van der Waals surface area contributed by atoms with Crippen molar-refractivity contribution in [2.75, 3.05) is 0 Å². The maximum Gasteiger partial charge on any atom is 1.00 e. The molecule has 0 fully saturated rings. The first-order valence-electron chi connectivity index (χ1n) is 10.7. The summed E-state index contributed by atoms with van der Waals surface area (Å²) in [6.07, 6.45) is 22.3. The van der Waals surface area contributed by atoms with Gasteiger partial charge in [-0.15, -0.1) is 0 Å². The van der Waals surface area contributed by atoms with Gasteiger partial charge in [0.15, 0.2) is 0 Å². The van der Waals surface area contributed by atoms with Crippen molar-refractivity contribution in [1.82, 2.24) is 0 Å². The van der Waals surface area contributed by atoms with Gasteiger partial charge in [-0.1, -0.05) is 110 Å². The van der Waals surface area contributed by atoms with Gasteiger partial charge in [0.2, 0.25) is 0 Å². The van der Waals surface area contributed by atoms with E-state index in [1.54, 1.807) is 0 Å². The molecule has 1 N–H and O–H groups in total. The van der Waals surface area contributed by atoms with Crippen molar-refractivity contribution >= 4 is 5.97 Å². The van der Waals surface area contributed by atoms with E-state index in [4.69, 9.17) is 5.11 Å². The van der Waals surface area contributed by atoms with Crippen molar-refractivity contribution in [3.8, 4) is 0 Å². The smallest absolute Gasteiger partial charge is 0.481 e. The Morgan fingerprint density at radius 2 is 0.960 bits per heavy atom. The third-order valence-electron chi connectivity index (χ3n) is 4.35. The molecular weight excluding hydrogens is 319 g/mol. The zero-order chi connectivity index (χ0) is 18.3. The SMILES string of the molecule is CCCCCCCCCCCCCCCC(=O)O.[CH2-]CCCCC.[Na+]. The maximum atomic E-state index is 10.3. The van der Waals surface area contributed by atoms with Gasteiger partial charge in [-0.05, 0) is 6.42 Å². The molecule has 0 aliphatic carbocycles. The largest absolute Gasteiger partial charge is 1.00 e. The molecule has 3 heteroatoms. The molecule has 0 aromatic rings. The van der Waals surface area contributed by atoms with Crippen LogP contribution in [0.3, 0.4) is 0 Å². The second-order valence-electron chi connectivity index (χ2n) is 6.95. The number of hydrogen-bond donors (Lipinski definition) is 1. The predicted octanol–water partition coefficient (Wildman–Crippen LogP) is 4.96. The molecule has 0 aromatic heterocycles. The van der Waals surface area contributed by atoms with Crippen LogP contribution in [0.4, 0.5) is 0 Å². The summed E-state index contributed by atoms with van der Waals surface area (Å²) in [6, 6.07) is 0. The van der Waals surface area contributed by atoms with E-state index in [2.05, 4.69) is 20.8 Å². The Kier molecular flexibility index (Phi) is 35.3. The standard InChI is InChI=1S/C16H32O2.C6H13.Na/c1-2-3-4-5-6-7-8-9-10-11-12-13-14-15-16(17)18;1-3-5-6-4-2;/h2-15H2,1H3,(H,17,18);1,3-6H2,2H3;/q;-1;+1. The summed E-state index contributed by atoms with van der Waals surface area (Å²) < 4.78 is 0. The van der Waals surface area contributed by atoms with Crippen LogP contribution in [0.15, 0.2) is 0 Å². The summed E-state index contributed by atoms with van der Waals surface area (Å²) in [6.45, 7) is 8.19. The van der Waals surface area contributed by atoms with Crippen LogP contribution in [0.25, 0.3) is 0 Å². The van der Waals surface area contributed by atoms with Crippen molar-refractivity contribution in [2.45, 2.75) is 129 Å². The van der Waals surface area contributed by atoms with Crippen molar-refractivity contribution in [3.05, 3.63) is 6.92 Å². The fourth-order valence-corrected chi connectivity index (χ4v) is 2.72. The Balaban J connectivity index is -0.000000592. The van der Waals surface area contributed by atoms with E-state index in [1.807, 2.05) is 0 Å². The molecule has 0 radical (unpaired) electrons. The normalized spacial score (nSPS) is 9.88. The summed E-state index contributed by atoms with van der Waals surface area (Å²) in [4.78, 5) is 10.3. The molecule has 0 spiro atoms. The van der Waals surface area contributed by atoms with Crippen LogP contribution in [-0.4, -0.2) is 11.1 Å². The van der Waals surface area contributed by atoms with Gasteiger partial charge in [0.25, 0.3) is 0 Å². The Bertz CT molecular complexity index is 228. The Hall–Kier alpha value is 0.470. The Morgan fingerprint density at radius 3 is 1.24 bits per heavy atom. The van der Waals surface area contributed by atoms with E-state index in [9.17, 15) is 4.79 Å². The van der Waals surface area contributed by atoms with Gasteiger partial charge in [-0.2, -0.15) is 6.42 Å². The Morgan fingerprint density at radius 1 is 0.640 bits per heavy atom. The van der Waals surface area contributed by atoms with Gasteiger partial charge in [-0.25, -0.2) is 0 Å². The van der Waals surface area contributed by atoms with Crippen LogP contribution in [0.1, 0.15) is 129 Å². The number of hydrogen-bond acceptors (Lipinski definition) is 1. The number of carbonyl (C=O) groups is 1. The van der Waals surface area contributed by atoms with Crippen LogP contribution >= 0.6 is 0 Å². The third kappa shape index (κ3) is 36.2. The molecule has 0 aliphatic rings. The molecule has 0 aromatic carbocycles. The minimum absolute atomic E-state index is 0. The quantitative estimate of drug-likeness (QED) is 0.225. The van der Waals surface area contributed by atoms with Crippen molar-refractivity contribution < 1.29 is 39.5 Å². The van der Waals surface area contributed by atoms with Crippen LogP contribution in [0, 0.1) is 6.92 Å². The van der Waals surface area contributed by atoms with E-state index in [0.717, 1.165) is 19.3 Å². The van der Waals surface area contributed by atoms with Gasteiger partial charge in [0, 0.05) is 6.42 Å². The third-order valence-corrected chi connectivity index (χ3v) is 4.35. The maximum absolute atomic E-state index is 10.3. The van der Waals surface area contributed by atoms with Crippen molar-refractivity contribution in [3.63, 3.8) is 0 Å². The summed E-state index contributed by atoms with van der Waals surface area (Å²) in [7, 11) is 0. The predicted molar refractivity (Wildman–Crippen MR) is 107 cm³/mol. The van der Waals surface area contributed by atoms with E-state index < -0.39 is 5.97 Å². The van der Waals surface area contributed by atoms with Gasteiger partial charge in [0.1, 0.15) is 0 Å². The van der Waals surface area contributed by atoms with Gasteiger partial charge >= 0.3 is 35.5 Å². The topological polar surface area (TPSA) is 37.3 Å². The van der Waals surface area contributed by atoms with Gasteiger partial charge < -0.3 is 12.0 Å². The first kappa shape index (κ1) is 30.2. The number of aliphatic carboxylic acids is 1. The first-order valence-corrected chi connectivity index (χ1v) is 10.7. The molecule has 2 nitrogen and oxygen atoms in total. The summed E-state index contributed by atoms with van der Waals surface area (Å²) in [5.41, 5.74) is 0. The summed E-state index contributed by atoms with van der Waals surface area (Å²) in [5, 5.41) is 8.49. The fourth-order valence-electron chi connectivity index (χ4n) is 2.72.